The summed E-state index contributed by atoms with van der Waals surface area (Å²) in [5.41, 5.74) is 0. The molecule has 1 heterocycles. The Bertz CT molecular complexity index is 285. The van der Waals surface area contributed by atoms with Gasteiger partial charge in [-0.25, -0.2) is 9.97 Å². The van der Waals surface area contributed by atoms with Crippen LogP contribution in [0.15, 0.2) is 12.4 Å². The fourth-order valence-electron chi connectivity index (χ4n) is 0.720. The predicted molar refractivity (Wildman–Crippen MR) is 53.9 cm³/mol. The van der Waals surface area contributed by atoms with E-state index < -0.39 is 12.6 Å². The molecule has 78 valence electrons. The van der Waals surface area contributed by atoms with E-state index in [1.165, 1.54) is 12.4 Å². The lowest BCUT2D eigenvalue weighted by atomic mass is 10.4. The van der Waals surface area contributed by atoms with E-state index >= 15 is 0 Å². The topological polar surface area (TPSA) is 37.8 Å². The lowest BCUT2D eigenvalue weighted by Gasteiger charge is -2.06. The minimum Gasteiger partial charge on any atom is -0.354 e. The van der Waals surface area contributed by atoms with E-state index in [1.54, 1.807) is 0 Å². The number of nitrogens with one attached hydrogen (secondary N) is 1. The van der Waals surface area contributed by atoms with Crippen molar-refractivity contribution < 1.29 is 13.2 Å². The minimum absolute atomic E-state index is 0.204. The van der Waals surface area contributed by atoms with Gasteiger partial charge in [-0.2, -0.15) is 13.2 Å². The van der Waals surface area contributed by atoms with Gasteiger partial charge in [0.1, 0.15) is 0 Å². The fraction of sp³-hybridized carbons (Fsp3) is 0.429. The summed E-state index contributed by atoms with van der Waals surface area (Å²) in [7, 11) is 0. The fourth-order valence-corrected chi connectivity index (χ4v) is 0.998. The smallest absolute Gasteiger partial charge is 0.354 e. The Kier molecular flexibility index (Phi) is 3.90. The second kappa shape index (κ2) is 4.76. The number of rotatable bonds is 3. The monoisotopic (exact) mass is 317 g/mol. The highest BCUT2D eigenvalue weighted by Crippen LogP contribution is 2.18. The molecule has 1 aromatic rings. The molecule has 0 spiro atoms. The van der Waals surface area contributed by atoms with Crippen molar-refractivity contribution >= 4 is 28.5 Å². The molecule has 0 unspecified atom stereocenters. The Hall–Kier alpha value is -0.600. The maximum absolute atomic E-state index is 11.7. The van der Waals surface area contributed by atoms with Crippen LogP contribution in [-0.4, -0.2) is 22.7 Å². The summed E-state index contributed by atoms with van der Waals surface area (Å²) in [5, 5.41) is 2.48. The molecule has 0 bridgehead atoms. The number of nitrogens with zero attached hydrogens (tertiary/aromatic N) is 2. The first-order chi connectivity index (χ1) is 6.47. The molecule has 14 heavy (non-hydrogen) atoms. The SMILES string of the molecule is FC(F)(F)CCNc1ncc(I)cn1. The first-order valence-corrected chi connectivity index (χ1v) is 4.83. The van der Waals surface area contributed by atoms with Crippen LogP contribution in [0.25, 0.3) is 0 Å². The number of alkyl halides is 3. The van der Waals surface area contributed by atoms with E-state index in [1.807, 2.05) is 22.6 Å². The van der Waals surface area contributed by atoms with Crippen LogP contribution in [-0.2, 0) is 0 Å². The molecule has 0 aliphatic heterocycles. The number of anilines is 1. The first kappa shape index (κ1) is 11.5. The van der Waals surface area contributed by atoms with Gasteiger partial charge in [-0.1, -0.05) is 0 Å². The summed E-state index contributed by atoms with van der Waals surface area (Å²) in [6.07, 6.45) is -1.97. The average molecular weight is 317 g/mol. The third-order valence-corrected chi connectivity index (χ3v) is 1.87. The van der Waals surface area contributed by atoms with Crippen LogP contribution in [0.1, 0.15) is 6.42 Å². The van der Waals surface area contributed by atoms with E-state index in [4.69, 9.17) is 0 Å². The van der Waals surface area contributed by atoms with Crippen LogP contribution >= 0.6 is 22.6 Å². The first-order valence-electron chi connectivity index (χ1n) is 3.75. The number of hydrogen-bond donors (Lipinski definition) is 1. The zero-order valence-corrected chi connectivity index (χ0v) is 9.13. The quantitative estimate of drug-likeness (QED) is 0.870. The van der Waals surface area contributed by atoms with Crippen molar-refractivity contribution in [2.75, 3.05) is 11.9 Å². The largest absolute Gasteiger partial charge is 0.390 e. The van der Waals surface area contributed by atoms with Gasteiger partial charge in [0.2, 0.25) is 5.95 Å². The van der Waals surface area contributed by atoms with Crippen molar-refractivity contribution in [2.24, 2.45) is 0 Å². The third-order valence-electron chi connectivity index (χ3n) is 1.31. The molecule has 0 radical (unpaired) electrons. The van der Waals surface area contributed by atoms with Gasteiger partial charge in [-0.05, 0) is 22.6 Å². The Morgan fingerprint density at radius 2 is 1.86 bits per heavy atom. The van der Waals surface area contributed by atoms with Gasteiger partial charge < -0.3 is 5.32 Å². The maximum Gasteiger partial charge on any atom is 0.390 e. The molecular formula is C7H7F3IN3. The van der Waals surface area contributed by atoms with Crippen LogP contribution in [0.4, 0.5) is 19.1 Å². The zero-order chi connectivity index (χ0) is 10.6. The summed E-state index contributed by atoms with van der Waals surface area (Å²) >= 11 is 2.01. The van der Waals surface area contributed by atoms with Gasteiger partial charge in [-0.15, -0.1) is 0 Å². The van der Waals surface area contributed by atoms with E-state index in [9.17, 15) is 13.2 Å². The second-order valence-electron chi connectivity index (χ2n) is 2.52. The summed E-state index contributed by atoms with van der Waals surface area (Å²) in [4.78, 5) is 7.60. The minimum atomic E-state index is -4.14. The summed E-state index contributed by atoms with van der Waals surface area (Å²) in [6, 6.07) is 0. The van der Waals surface area contributed by atoms with Crippen molar-refractivity contribution in [3.63, 3.8) is 0 Å². The third kappa shape index (κ3) is 4.58. The lowest BCUT2D eigenvalue weighted by Crippen LogP contribution is -2.15. The van der Waals surface area contributed by atoms with Crippen molar-refractivity contribution in [2.45, 2.75) is 12.6 Å². The van der Waals surface area contributed by atoms with E-state index in [-0.39, 0.29) is 12.5 Å². The number of halogens is 4. The molecular weight excluding hydrogens is 310 g/mol. The Morgan fingerprint density at radius 3 is 2.36 bits per heavy atom. The van der Waals surface area contributed by atoms with Crippen molar-refractivity contribution in [3.05, 3.63) is 16.0 Å². The van der Waals surface area contributed by atoms with Crippen LogP contribution in [0.2, 0.25) is 0 Å². The van der Waals surface area contributed by atoms with Gasteiger partial charge in [0, 0.05) is 22.5 Å². The molecule has 0 saturated carbocycles. The molecule has 3 nitrogen and oxygen atoms in total. The Labute approximate surface area is 92.3 Å². The number of aromatic nitrogens is 2. The molecule has 0 saturated heterocycles. The summed E-state index contributed by atoms with van der Waals surface area (Å²) in [5.74, 6) is 0.217. The zero-order valence-electron chi connectivity index (χ0n) is 6.98. The predicted octanol–water partition coefficient (Wildman–Crippen LogP) is 2.45. The summed E-state index contributed by atoms with van der Waals surface area (Å²) < 4.78 is 36.1. The highest BCUT2D eigenvalue weighted by Gasteiger charge is 2.26. The Morgan fingerprint density at radius 1 is 1.29 bits per heavy atom. The highest BCUT2D eigenvalue weighted by atomic mass is 127. The van der Waals surface area contributed by atoms with E-state index in [0.29, 0.717) is 0 Å². The van der Waals surface area contributed by atoms with Crippen LogP contribution in [0.5, 0.6) is 0 Å². The molecule has 0 aromatic carbocycles. The molecule has 7 heteroatoms. The van der Waals surface area contributed by atoms with E-state index in [0.717, 1.165) is 3.57 Å². The van der Waals surface area contributed by atoms with Crippen LogP contribution < -0.4 is 5.32 Å². The van der Waals surface area contributed by atoms with E-state index in [2.05, 4.69) is 15.3 Å². The summed E-state index contributed by atoms with van der Waals surface area (Å²) in [6.45, 7) is -0.204. The molecule has 0 aliphatic rings. The molecule has 0 aliphatic carbocycles. The molecule has 0 amide bonds. The molecule has 1 rings (SSSR count). The van der Waals surface area contributed by atoms with Gasteiger partial charge >= 0.3 is 6.18 Å². The van der Waals surface area contributed by atoms with Gasteiger partial charge in [0.05, 0.1) is 6.42 Å². The van der Waals surface area contributed by atoms with Crippen molar-refractivity contribution in [1.29, 1.82) is 0 Å². The van der Waals surface area contributed by atoms with Crippen molar-refractivity contribution in [1.82, 2.24) is 9.97 Å². The maximum atomic E-state index is 11.7. The van der Waals surface area contributed by atoms with Crippen LogP contribution in [0, 0.1) is 3.57 Å². The normalized spacial score (nSPS) is 11.4. The number of hydrogen-bond acceptors (Lipinski definition) is 3. The molecule has 0 fully saturated rings. The standard InChI is InChI=1S/C7H7F3IN3/c8-7(9,10)1-2-12-6-13-3-5(11)4-14-6/h3-4H,1-2H2,(H,12,13,14). The van der Waals surface area contributed by atoms with Crippen LogP contribution in [0.3, 0.4) is 0 Å². The highest BCUT2D eigenvalue weighted by molar-refractivity contribution is 14.1. The van der Waals surface area contributed by atoms with Gasteiger partial charge in [0.25, 0.3) is 0 Å². The second-order valence-corrected chi connectivity index (χ2v) is 3.76. The molecule has 1 N–H and O–H groups in total. The van der Waals surface area contributed by atoms with Crippen molar-refractivity contribution in [3.8, 4) is 0 Å². The van der Waals surface area contributed by atoms with Gasteiger partial charge in [0.15, 0.2) is 0 Å². The Balaban J connectivity index is 2.35. The average Bonchev–Trinajstić information content (AvgIpc) is 2.06. The molecule has 1 aromatic heterocycles. The van der Waals surface area contributed by atoms with Gasteiger partial charge in [-0.3, -0.25) is 0 Å². The lowest BCUT2D eigenvalue weighted by molar-refractivity contribution is -0.131. The molecule has 0 atom stereocenters.